The van der Waals surface area contributed by atoms with Crippen LogP contribution in [0.4, 0.5) is 0 Å². The summed E-state index contributed by atoms with van der Waals surface area (Å²) in [5.74, 6) is 1.84. The number of hydrogen-bond acceptors (Lipinski definition) is 1. The van der Waals surface area contributed by atoms with E-state index >= 15 is 0 Å². The van der Waals surface area contributed by atoms with Crippen LogP contribution in [0.2, 0.25) is 0 Å². The summed E-state index contributed by atoms with van der Waals surface area (Å²) in [7, 11) is 0. The molecule has 1 aliphatic rings. The van der Waals surface area contributed by atoms with E-state index < -0.39 is 0 Å². The molecule has 0 heterocycles. The van der Waals surface area contributed by atoms with Gasteiger partial charge in [-0.15, -0.1) is 12.4 Å². The van der Waals surface area contributed by atoms with Crippen LogP contribution in [0, 0.1) is 11.8 Å². The minimum atomic E-state index is 0. The topological polar surface area (TPSA) is 26.0 Å². The first-order chi connectivity index (χ1) is 3.33. The molecule has 0 atom stereocenters. The van der Waals surface area contributed by atoms with Gasteiger partial charge in [-0.25, -0.2) is 0 Å². The molecular weight excluding hydrogens is 122 g/mol. The summed E-state index contributed by atoms with van der Waals surface area (Å²) < 4.78 is 0. The molecule has 1 fully saturated rings. The fraction of sp³-hybridized carbons (Fsp3) is 1.00. The number of nitrogens with two attached hydrogens (primary N) is 1. The zero-order chi connectivity index (χ0) is 5.28. The van der Waals surface area contributed by atoms with Crippen LogP contribution in [0.25, 0.3) is 0 Å². The molecule has 1 saturated carbocycles. The summed E-state index contributed by atoms with van der Waals surface area (Å²) in [5, 5.41) is 0. The highest BCUT2D eigenvalue weighted by atomic mass is 35.5. The summed E-state index contributed by atoms with van der Waals surface area (Å²) in [5.41, 5.74) is 5.40. The van der Waals surface area contributed by atoms with Gasteiger partial charge in [-0.2, -0.15) is 0 Å². The van der Waals surface area contributed by atoms with Gasteiger partial charge in [0, 0.05) is 0 Å². The third-order valence-corrected chi connectivity index (χ3v) is 1.80. The second-order valence-corrected chi connectivity index (χ2v) is 2.68. The average molecular weight is 136 g/mol. The van der Waals surface area contributed by atoms with Gasteiger partial charge in [-0.3, -0.25) is 0 Å². The smallest absolute Gasteiger partial charge is 0.00487 e. The van der Waals surface area contributed by atoms with Gasteiger partial charge in [-0.05, 0) is 31.2 Å². The van der Waals surface area contributed by atoms with Crippen LogP contribution < -0.4 is 5.73 Å². The largest absolute Gasteiger partial charge is 0.330 e. The molecule has 1 nitrogen and oxygen atoms in total. The SMILES string of the molecule is CC1CC(CN)C1.Cl. The van der Waals surface area contributed by atoms with E-state index in [1.807, 2.05) is 0 Å². The Labute approximate surface area is 57.1 Å². The van der Waals surface area contributed by atoms with Gasteiger partial charge >= 0.3 is 0 Å². The fourth-order valence-corrected chi connectivity index (χ4v) is 1.26. The van der Waals surface area contributed by atoms with Gasteiger partial charge in [0.1, 0.15) is 0 Å². The Morgan fingerprint density at radius 1 is 1.50 bits per heavy atom. The molecule has 50 valence electrons. The van der Waals surface area contributed by atoms with Crippen LogP contribution >= 0.6 is 12.4 Å². The Kier molecular flexibility index (Phi) is 3.41. The molecule has 0 aliphatic heterocycles. The van der Waals surface area contributed by atoms with Crippen LogP contribution in [0.15, 0.2) is 0 Å². The quantitative estimate of drug-likeness (QED) is 0.578. The Hall–Kier alpha value is 0.250. The van der Waals surface area contributed by atoms with Gasteiger partial charge in [0.15, 0.2) is 0 Å². The van der Waals surface area contributed by atoms with Gasteiger partial charge in [0.25, 0.3) is 0 Å². The van der Waals surface area contributed by atoms with E-state index in [1.54, 1.807) is 0 Å². The van der Waals surface area contributed by atoms with Crippen LogP contribution in [0.1, 0.15) is 19.8 Å². The van der Waals surface area contributed by atoms with Crippen LogP contribution in [-0.4, -0.2) is 6.54 Å². The zero-order valence-electron chi connectivity index (χ0n) is 5.26. The van der Waals surface area contributed by atoms with Crippen molar-refractivity contribution in [1.29, 1.82) is 0 Å². The Morgan fingerprint density at radius 3 is 2.12 bits per heavy atom. The minimum absolute atomic E-state index is 0. The monoisotopic (exact) mass is 135 g/mol. The van der Waals surface area contributed by atoms with Crippen molar-refractivity contribution < 1.29 is 0 Å². The zero-order valence-corrected chi connectivity index (χ0v) is 6.08. The van der Waals surface area contributed by atoms with Gasteiger partial charge in [0.2, 0.25) is 0 Å². The van der Waals surface area contributed by atoms with E-state index in [4.69, 9.17) is 5.73 Å². The van der Waals surface area contributed by atoms with E-state index in [9.17, 15) is 0 Å². The van der Waals surface area contributed by atoms with Crippen molar-refractivity contribution in [3.05, 3.63) is 0 Å². The first-order valence-corrected chi connectivity index (χ1v) is 3.03. The molecule has 0 spiro atoms. The lowest BCUT2D eigenvalue weighted by Crippen LogP contribution is -2.27. The minimum Gasteiger partial charge on any atom is -0.330 e. The van der Waals surface area contributed by atoms with Gasteiger partial charge < -0.3 is 5.73 Å². The van der Waals surface area contributed by atoms with Gasteiger partial charge in [-0.1, -0.05) is 6.92 Å². The maximum atomic E-state index is 5.40. The van der Waals surface area contributed by atoms with Crippen molar-refractivity contribution in [2.45, 2.75) is 19.8 Å². The number of hydrogen-bond donors (Lipinski definition) is 1. The third kappa shape index (κ3) is 1.64. The van der Waals surface area contributed by atoms with E-state index in [-0.39, 0.29) is 12.4 Å². The summed E-state index contributed by atoms with van der Waals surface area (Å²) in [4.78, 5) is 0. The van der Waals surface area contributed by atoms with Crippen LogP contribution in [0.3, 0.4) is 0 Å². The molecule has 0 radical (unpaired) electrons. The molecule has 0 amide bonds. The second-order valence-electron chi connectivity index (χ2n) is 2.68. The summed E-state index contributed by atoms with van der Waals surface area (Å²) >= 11 is 0. The molecule has 2 N–H and O–H groups in total. The van der Waals surface area contributed by atoms with Crippen molar-refractivity contribution in [1.82, 2.24) is 0 Å². The van der Waals surface area contributed by atoms with Crippen LogP contribution in [-0.2, 0) is 0 Å². The molecular formula is C6H14ClN. The highest BCUT2D eigenvalue weighted by Crippen LogP contribution is 2.31. The Morgan fingerprint density at radius 2 is 2.00 bits per heavy atom. The maximum Gasteiger partial charge on any atom is -0.00487 e. The first-order valence-electron chi connectivity index (χ1n) is 3.03. The molecule has 1 rings (SSSR count). The Bertz CT molecular complexity index is 59.5. The van der Waals surface area contributed by atoms with Crippen molar-refractivity contribution in [3.8, 4) is 0 Å². The molecule has 0 bridgehead atoms. The molecule has 8 heavy (non-hydrogen) atoms. The predicted octanol–water partition coefficient (Wildman–Crippen LogP) is 1.41. The third-order valence-electron chi connectivity index (χ3n) is 1.80. The first kappa shape index (κ1) is 8.25. The fourth-order valence-electron chi connectivity index (χ4n) is 1.26. The summed E-state index contributed by atoms with van der Waals surface area (Å²) in [6.45, 7) is 3.19. The Balaban J connectivity index is 0.000000490. The lowest BCUT2D eigenvalue weighted by Gasteiger charge is -2.31. The lowest BCUT2D eigenvalue weighted by molar-refractivity contribution is 0.220. The van der Waals surface area contributed by atoms with Crippen molar-refractivity contribution in [3.63, 3.8) is 0 Å². The van der Waals surface area contributed by atoms with Crippen molar-refractivity contribution >= 4 is 12.4 Å². The maximum absolute atomic E-state index is 5.40. The summed E-state index contributed by atoms with van der Waals surface area (Å²) in [6.07, 6.45) is 2.74. The molecule has 2 heteroatoms. The van der Waals surface area contributed by atoms with E-state index in [2.05, 4.69) is 6.92 Å². The van der Waals surface area contributed by atoms with Gasteiger partial charge in [0.05, 0.1) is 0 Å². The number of rotatable bonds is 1. The highest BCUT2D eigenvalue weighted by Gasteiger charge is 2.22. The molecule has 0 aromatic carbocycles. The highest BCUT2D eigenvalue weighted by molar-refractivity contribution is 5.85. The normalized spacial score (nSPS) is 35.2. The molecule has 0 aromatic rings. The molecule has 1 aliphatic carbocycles. The van der Waals surface area contributed by atoms with Crippen LogP contribution in [0.5, 0.6) is 0 Å². The van der Waals surface area contributed by atoms with E-state index in [1.165, 1.54) is 12.8 Å². The lowest BCUT2D eigenvalue weighted by atomic mass is 9.76. The molecule has 0 aromatic heterocycles. The molecule has 0 saturated heterocycles. The number of halogens is 1. The summed E-state index contributed by atoms with van der Waals surface area (Å²) in [6, 6.07) is 0. The predicted molar refractivity (Wildman–Crippen MR) is 38.2 cm³/mol. The average Bonchev–Trinajstić information content (AvgIpc) is 1.58. The van der Waals surface area contributed by atoms with E-state index in [0.29, 0.717) is 0 Å². The molecule has 0 unspecified atom stereocenters. The van der Waals surface area contributed by atoms with Crippen molar-refractivity contribution in [2.24, 2.45) is 17.6 Å². The standard InChI is InChI=1S/C6H13N.ClH/c1-5-2-6(3-5)4-7;/h5-6H,2-4,7H2,1H3;1H. The van der Waals surface area contributed by atoms with E-state index in [0.717, 1.165) is 18.4 Å². The second kappa shape index (κ2) is 3.31. The van der Waals surface area contributed by atoms with Crippen molar-refractivity contribution in [2.75, 3.05) is 6.54 Å².